The van der Waals surface area contributed by atoms with Crippen LogP contribution in [-0.2, 0) is 11.9 Å². The van der Waals surface area contributed by atoms with Gasteiger partial charge in [-0.2, -0.15) is 10.5 Å². The third kappa shape index (κ3) is 12.1. The maximum Gasteiger partial charge on any atom is 0.174 e. The zero-order chi connectivity index (χ0) is 28.3. The Bertz CT molecular complexity index is 1350. The molecular weight excluding hydrogens is 556 g/mol. The van der Waals surface area contributed by atoms with Crippen LogP contribution in [0.2, 0.25) is 0 Å². The Balaban J connectivity index is 0.000000227. The van der Waals surface area contributed by atoms with Crippen molar-refractivity contribution in [2.45, 2.75) is 25.8 Å². The molecule has 0 aliphatic carbocycles. The van der Waals surface area contributed by atoms with Gasteiger partial charge in [0.1, 0.15) is 41.7 Å². The smallest absolute Gasteiger partial charge is 0.174 e. The maximum atomic E-state index is 9.15. The number of benzene rings is 4. The molecule has 0 atom stereocenters. The Kier molecular flexibility index (Phi) is 14.1. The lowest BCUT2D eigenvalue weighted by molar-refractivity contribution is 0.302. The summed E-state index contributed by atoms with van der Waals surface area (Å²) in [4.78, 5) is 0. The Hall–Kier alpha value is -4.46. The summed E-state index contributed by atoms with van der Waals surface area (Å²) in [5.74, 6) is 2.35. The first kappa shape index (κ1) is 30.8. The first-order chi connectivity index (χ1) is 19.0. The van der Waals surface area contributed by atoms with Gasteiger partial charge >= 0.3 is 0 Å². The monoisotopic (exact) mass is 586 g/mol. The average molecular weight is 588 g/mol. The van der Waals surface area contributed by atoms with Gasteiger partial charge in [-0.15, -0.1) is 0 Å². The molecule has 39 heavy (non-hydrogen) atoms. The molecule has 0 amide bonds. The maximum absolute atomic E-state index is 9.15. The van der Waals surface area contributed by atoms with Crippen LogP contribution in [0.5, 0.6) is 23.0 Å². The highest BCUT2D eigenvalue weighted by Crippen LogP contribution is 2.24. The predicted molar refractivity (Wildman–Crippen MR) is 156 cm³/mol. The van der Waals surface area contributed by atoms with Crippen molar-refractivity contribution in [3.05, 3.63) is 119 Å². The SMILES string of the molecule is BrCc1ccccc1.Cc1cc(OCC#N)ccc1O.Cc1cc(OCC#N)ccc1OCc1ccccc1. The molecule has 4 aromatic carbocycles. The molecule has 0 saturated heterocycles. The van der Waals surface area contributed by atoms with Gasteiger partial charge in [-0.05, 0) is 72.5 Å². The van der Waals surface area contributed by atoms with E-state index in [1.807, 2.05) is 85.8 Å². The second-order valence-corrected chi connectivity index (χ2v) is 8.72. The molecular formula is C32H31BrN2O4. The minimum absolute atomic E-state index is 0.0320. The van der Waals surface area contributed by atoms with Crippen molar-refractivity contribution in [2.24, 2.45) is 0 Å². The minimum atomic E-state index is 0.0320. The fourth-order valence-electron chi connectivity index (χ4n) is 3.12. The summed E-state index contributed by atoms with van der Waals surface area (Å²) in [7, 11) is 0. The van der Waals surface area contributed by atoms with Gasteiger partial charge in [0.05, 0.1) is 0 Å². The Morgan fingerprint density at radius 3 is 1.64 bits per heavy atom. The van der Waals surface area contributed by atoms with E-state index in [2.05, 4.69) is 28.1 Å². The fourth-order valence-corrected chi connectivity index (χ4v) is 3.50. The molecule has 1 N–H and O–H groups in total. The van der Waals surface area contributed by atoms with E-state index in [4.69, 9.17) is 29.8 Å². The normalized spacial score (nSPS) is 9.36. The van der Waals surface area contributed by atoms with Gasteiger partial charge in [-0.25, -0.2) is 0 Å². The van der Waals surface area contributed by atoms with Crippen LogP contribution in [0.3, 0.4) is 0 Å². The van der Waals surface area contributed by atoms with Gasteiger partial charge in [-0.3, -0.25) is 0 Å². The quantitative estimate of drug-likeness (QED) is 0.213. The number of halogens is 1. The lowest BCUT2D eigenvalue weighted by Gasteiger charge is -2.10. The Morgan fingerprint density at radius 2 is 1.18 bits per heavy atom. The van der Waals surface area contributed by atoms with Crippen LogP contribution in [0.1, 0.15) is 22.3 Å². The van der Waals surface area contributed by atoms with Gasteiger partial charge in [0.25, 0.3) is 0 Å². The Morgan fingerprint density at radius 1 is 0.667 bits per heavy atom. The number of nitrogens with zero attached hydrogens (tertiary/aromatic N) is 2. The third-order valence-corrected chi connectivity index (χ3v) is 5.80. The minimum Gasteiger partial charge on any atom is -0.508 e. The molecule has 4 rings (SSSR count). The molecule has 6 nitrogen and oxygen atoms in total. The van der Waals surface area contributed by atoms with E-state index in [0.29, 0.717) is 18.1 Å². The first-order valence-corrected chi connectivity index (χ1v) is 13.2. The van der Waals surface area contributed by atoms with E-state index >= 15 is 0 Å². The second-order valence-electron chi connectivity index (χ2n) is 8.16. The van der Waals surface area contributed by atoms with Gasteiger partial charge < -0.3 is 19.3 Å². The summed E-state index contributed by atoms with van der Waals surface area (Å²) in [5.41, 5.74) is 4.19. The molecule has 0 fully saturated rings. The summed E-state index contributed by atoms with van der Waals surface area (Å²) in [6.45, 7) is 4.36. The van der Waals surface area contributed by atoms with Crippen molar-refractivity contribution < 1.29 is 19.3 Å². The molecule has 0 aliphatic rings. The number of phenolic OH excluding ortho intramolecular Hbond substituents is 1. The lowest BCUT2D eigenvalue weighted by Crippen LogP contribution is -1.98. The molecule has 0 radical (unpaired) electrons. The molecule has 7 heteroatoms. The fraction of sp³-hybridized carbons (Fsp3) is 0.188. The van der Waals surface area contributed by atoms with Gasteiger partial charge in [-0.1, -0.05) is 76.6 Å². The number of phenols is 1. The number of nitriles is 2. The second kappa shape index (κ2) is 17.9. The average Bonchev–Trinajstić information content (AvgIpc) is 2.98. The van der Waals surface area contributed by atoms with Crippen molar-refractivity contribution in [1.29, 1.82) is 10.5 Å². The summed E-state index contributed by atoms with van der Waals surface area (Å²) in [5, 5.41) is 26.8. The van der Waals surface area contributed by atoms with E-state index in [0.717, 1.165) is 27.8 Å². The van der Waals surface area contributed by atoms with Crippen LogP contribution in [0, 0.1) is 36.5 Å². The number of hydrogen-bond acceptors (Lipinski definition) is 6. The predicted octanol–water partition coefficient (Wildman–Crippen LogP) is 7.66. The first-order valence-electron chi connectivity index (χ1n) is 12.1. The van der Waals surface area contributed by atoms with E-state index < -0.39 is 0 Å². The van der Waals surface area contributed by atoms with Crippen molar-refractivity contribution in [2.75, 3.05) is 13.2 Å². The zero-order valence-electron chi connectivity index (χ0n) is 22.0. The van der Waals surface area contributed by atoms with Crippen molar-refractivity contribution in [1.82, 2.24) is 0 Å². The molecule has 0 unspecified atom stereocenters. The highest BCUT2D eigenvalue weighted by Gasteiger charge is 2.03. The van der Waals surface area contributed by atoms with Crippen LogP contribution >= 0.6 is 15.9 Å². The van der Waals surface area contributed by atoms with Crippen LogP contribution in [0.25, 0.3) is 0 Å². The standard InChI is InChI=1S/C16H15NO2.C9H9NO2.C7H7Br/c1-13-11-15(18-10-9-17)7-8-16(13)19-12-14-5-3-2-4-6-14;1-7-6-8(12-5-4-10)2-3-9(7)11;8-6-7-4-2-1-3-5-7/h2-8,11H,10,12H2,1H3;2-3,6,11H,5H2,1H3;1-5H,6H2. The molecule has 0 saturated carbocycles. The van der Waals surface area contributed by atoms with E-state index in [1.54, 1.807) is 25.1 Å². The van der Waals surface area contributed by atoms with Gasteiger partial charge in [0, 0.05) is 5.33 Å². The molecule has 0 bridgehead atoms. The highest BCUT2D eigenvalue weighted by atomic mass is 79.9. The van der Waals surface area contributed by atoms with Crippen LogP contribution in [0.15, 0.2) is 97.1 Å². The summed E-state index contributed by atoms with van der Waals surface area (Å²) < 4.78 is 16.0. The van der Waals surface area contributed by atoms with Crippen molar-refractivity contribution >= 4 is 15.9 Å². The van der Waals surface area contributed by atoms with Gasteiger partial charge in [0.15, 0.2) is 13.2 Å². The largest absolute Gasteiger partial charge is 0.508 e. The molecule has 0 aliphatic heterocycles. The Labute approximate surface area is 238 Å². The van der Waals surface area contributed by atoms with Gasteiger partial charge in [0.2, 0.25) is 0 Å². The number of ether oxygens (including phenoxy) is 3. The number of aryl methyl sites for hydroxylation is 2. The molecule has 0 spiro atoms. The van der Waals surface area contributed by atoms with Crippen LogP contribution in [-0.4, -0.2) is 18.3 Å². The van der Waals surface area contributed by atoms with E-state index in [-0.39, 0.29) is 19.0 Å². The van der Waals surface area contributed by atoms with Crippen molar-refractivity contribution in [3.8, 4) is 35.1 Å². The molecule has 0 aromatic heterocycles. The van der Waals surface area contributed by atoms with Crippen LogP contribution in [0.4, 0.5) is 0 Å². The summed E-state index contributed by atoms with van der Waals surface area (Å²) in [6.07, 6.45) is 0. The van der Waals surface area contributed by atoms with Crippen molar-refractivity contribution in [3.63, 3.8) is 0 Å². The molecule has 0 heterocycles. The molecule has 4 aromatic rings. The van der Waals surface area contributed by atoms with Crippen LogP contribution < -0.4 is 14.2 Å². The van der Waals surface area contributed by atoms with E-state index in [1.165, 1.54) is 5.56 Å². The summed E-state index contributed by atoms with van der Waals surface area (Å²) >= 11 is 3.36. The van der Waals surface area contributed by atoms with E-state index in [9.17, 15) is 0 Å². The number of rotatable bonds is 8. The highest BCUT2D eigenvalue weighted by molar-refractivity contribution is 9.08. The number of hydrogen-bond donors (Lipinski definition) is 1. The molecule has 200 valence electrons. The zero-order valence-corrected chi connectivity index (χ0v) is 23.6. The number of alkyl halides is 1. The topological polar surface area (TPSA) is 95.5 Å². The number of aromatic hydroxyl groups is 1. The summed E-state index contributed by atoms with van der Waals surface area (Å²) in [6, 6.07) is 34.5. The third-order valence-electron chi connectivity index (χ3n) is 5.16. The lowest BCUT2D eigenvalue weighted by atomic mass is 10.2.